The van der Waals surface area contributed by atoms with E-state index >= 15 is 0 Å². The minimum Gasteiger partial charge on any atom is -0.352 e. The Morgan fingerprint density at radius 2 is 2.10 bits per heavy atom. The first kappa shape index (κ1) is 15.3. The summed E-state index contributed by atoms with van der Waals surface area (Å²) in [6.07, 6.45) is 4.44. The van der Waals surface area contributed by atoms with E-state index in [4.69, 9.17) is 0 Å². The Morgan fingerprint density at radius 1 is 1.35 bits per heavy atom. The zero-order chi connectivity index (χ0) is 13.2. The maximum atomic E-state index is 12.2. The molecule has 1 fully saturated rings. The molecule has 0 radical (unpaired) electrons. The highest BCUT2D eigenvalue weighted by molar-refractivity contribution is 5.85. The van der Waals surface area contributed by atoms with Crippen molar-refractivity contribution in [1.29, 1.82) is 0 Å². The van der Waals surface area contributed by atoms with Crippen molar-refractivity contribution < 1.29 is 4.79 Å². The van der Waals surface area contributed by atoms with Gasteiger partial charge in [0.25, 0.3) is 0 Å². The molecular weight excluding hydrogens is 272 g/mol. The summed E-state index contributed by atoms with van der Waals surface area (Å²) in [5.41, 5.74) is 2.63. The van der Waals surface area contributed by atoms with E-state index in [0.717, 1.165) is 18.9 Å². The van der Waals surface area contributed by atoms with Crippen LogP contribution in [0.2, 0.25) is 0 Å². The van der Waals surface area contributed by atoms with Crippen LogP contribution in [0.25, 0.3) is 0 Å². The topological polar surface area (TPSA) is 41.1 Å². The molecule has 0 bridgehead atoms. The third-order valence-corrected chi connectivity index (χ3v) is 4.31. The number of hydrogen-bond donors (Lipinski definition) is 2. The Kier molecular flexibility index (Phi) is 5.06. The first-order chi connectivity index (χ1) is 9.28. The molecule has 1 amide bonds. The lowest BCUT2D eigenvalue weighted by Gasteiger charge is -2.25. The number of amides is 1. The normalized spacial score (nSPS) is 27.1. The van der Waals surface area contributed by atoms with Gasteiger partial charge in [-0.2, -0.15) is 0 Å². The summed E-state index contributed by atoms with van der Waals surface area (Å²) in [5.74, 6) is 0.905. The van der Waals surface area contributed by atoms with Gasteiger partial charge in [-0.3, -0.25) is 4.79 Å². The monoisotopic (exact) mass is 294 g/mol. The molecule has 1 aromatic rings. The van der Waals surface area contributed by atoms with Crippen LogP contribution in [0.4, 0.5) is 0 Å². The summed E-state index contributed by atoms with van der Waals surface area (Å²) >= 11 is 0. The highest BCUT2D eigenvalue weighted by Gasteiger charge is 2.38. The van der Waals surface area contributed by atoms with Gasteiger partial charge in [0.2, 0.25) is 5.91 Å². The van der Waals surface area contributed by atoms with Crippen molar-refractivity contribution in [3.8, 4) is 0 Å². The third kappa shape index (κ3) is 3.33. The quantitative estimate of drug-likeness (QED) is 0.895. The number of carbonyl (C=O) groups is 1. The lowest BCUT2D eigenvalue weighted by atomic mass is 9.95. The predicted octanol–water partition coefficient (Wildman–Crippen LogP) is 2.43. The number of halogens is 1. The van der Waals surface area contributed by atoms with Gasteiger partial charge >= 0.3 is 0 Å². The minimum absolute atomic E-state index is 0. The zero-order valence-corrected chi connectivity index (χ0v) is 12.7. The van der Waals surface area contributed by atoms with Crippen LogP contribution in [0.15, 0.2) is 24.3 Å². The second-order valence-electron chi connectivity index (χ2n) is 5.81. The van der Waals surface area contributed by atoms with Gasteiger partial charge in [0.15, 0.2) is 0 Å². The maximum absolute atomic E-state index is 12.2. The molecule has 1 aliphatic heterocycles. The fourth-order valence-electron chi connectivity index (χ4n) is 3.04. The van der Waals surface area contributed by atoms with Crippen molar-refractivity contribution in [2.75, 3.05) is 0 Å². The highest BCUT2D eigenvalue weighted by atomic mass is 35.5. The van der Waals surface area contributed by atoms with Gasteiger partial charge in [-0.05, 0) is 36.3 Å². The summed E-state index contributed by atoms with van der Waals surface area (Å²) in [4.78, 5) is 12.2. The van der Waals surface area contributed by atoms with E-state index in [0.29, 0.717) is 6.04 Å². The van der Waals surface area contributed by atoms with Crippen LogP contribution in [-0.4, -0.2) is 18.0 Å². The molecule has 3 unspecified atom stereocenters. The number of benzene rings is 1. The minimum atomic E-state index is -0.0576. The van der Waals surface area contributed by atoms with E-state index in [1.807, 2.05) is 0 Å². The summed E-state index contributed by atoms with van der Waals surface area (Å²) in [5, 5.41) is 6.53. The molecule has 3 nitrogen and oxygen atoms in total. The molecule has 0 spiro atoms. The molecule has 3 atom stereocenters. The summed E-state index contributed by atoms with van der Waals surface area (Å²) in [7, 11) is 0. The number of fused-ring (bicyclic) bond motifs is 1. The standard InChI is InChI=1S/C16H22N2O.ClH/c1-2-5-12-9-14(12)18-16(19)15-8-11-6-3-4-7-13(11)10-17-15;/h3-4,6-7,12,14-15,17H,2,5,8-10H2,1H3,(H,18,19);1H. The van der Waals surface area contributed by atoms with E-state index in [-0.39, 0.29) is 24.4 Å². The molecule has 2 aliphatic rings. The van der Waals surface area contributed by atoms with E-state index in [1.54, 1.807) is 0 Å². The van der Waals surface area contributed by atoms with Crippen molar-refractivity contribution in [2.45, 2.75) is 51.2 Å². The van der Waals surface area contributed by atoms with Crippen molar-refractivity contribution in [1.82, 2.24) is 10.6 Å². The molecule has 1 heterocycles. The second-order valence-corrected chi connectivity index (χ2v) is 5.81. The third-order valence-electron chi connectivity index (χ3n) is 4.31. The van der Waals surface area contributed by atoms with Gasteiger partial charge < -0.3 is 10.6 Å². The van der Waals surface area contributed by atoms with E-state index in [9.17, 15) is 4.79 Å². The zero-order valence-electron chi connectivity index (χ0n) is 11.9. The van der Waals surface area contributed by atoms with Gasteiger partial charge in [-0.1, -0.05) is 37.6 Å². The van der Waals surface area contributed by atoms with Crippen LogP contribution in [-0.2, 0) is 17.8 Å². The Labute approximate surface area is 126 Å². The van der Waals surface area contributed by atoms with Crippen molar-refractivity contribution in [3.63, 3.8) is 0 Å². The Bertz CT molecular complexity index is 477. The molecule has 1 aromatic carbocycles. The Balaban J connectivity index is 0.00000147. The number of nitrogens with one attached hydrogen (secondary N) is 2. The fourth-order valence-corrected chi connectivity index (χ4v) is 3.04. The SMILES string of the molecule is CCCC1CC1NC(=O)C1Cc2ccccc2CN1.Cl. The lowest BCUT2D eigenvalue weighted by molar-refractivity contribution is -0.123. The maximum Gasteiger partial charge on any atom is 0.237 e. The van der Waals surface area contributed by atoms with Gasteiger partial charge in [0.05, 0.1) is 6.04 Å². The van der Waals surface area contributed by atoms with E-state index in [2.05, 4.69) is 41.8 Å². The van der Waals surface area contributed by atoms with Crippen molar-refractivity contribution in [3.05, 3.63) is 35.4 Å². The molecule has 20 heavy (non-hydrogen) atoms. The summed E-state index contributed by atoms with van der Waals surface area (Å²) in [6.45, 7) is 3.01. The smallest absolute Gasteiger partial charge is 0.237 e. The first-order valence-corrected chi connectivity index (χ1v) is 7.38. The fraction of sp³-hybridized carbons (Fsp3) is 0.562. The van der Waals surface area contributed by atoms with Gasteiger partial charge in [0, 0.05) is 12.6 Å². The van der Waals surface area contributed by atoms with Crippen LogP contribution < -0.4 is 10.6 Å². The van der Waals surface area contributed by atoms with Crippen molar-refractivity contribution in [2.24, 2.45) is 5.92 Å². The van der Waals surface area contributed by atoms with Crippen LogP contribution in [0.5, 0.6) is 0 Å². The van der Waals surface area contributed by atoms with Gasteiger partial charge in [-0.25, -0.2) is 0 Å². The lowest BCUT2D eigenvalue weighted by Crippen LogP contribution is -2.48. The van der Waals surface area contributed by atoms with Gasteiger partial charge in [-0.15, -0.1) is 12.4 Å². The number of rotatable bonds is 4. The molecule has 2 N–H and O–H groups in total. The molecule has 110 valence electrons. The summed E-state index contributed by atoms with van der Waals surface area (Å²) in [6, 6.07) is 8.75. The van der Waals surface area contributed by atoms with Crippen LogP contribution >= 0.6 is 12.4 Å². The average Bonchev–Trinajstić information content (AvgIpc) is 3.16. The van der Waals surface area contributed by atoms with Crippen LogP contribution in [0.1, 0.15) is 37.3 Å². The van der Waals surface area contributed by atoms with Crippen LogP contribution in [0, 0.1) is 5.92 Å². The number of carbonyl (C=O) groups excluding carboxylic acids is 1. The molecule has 1 aliphatic carbocycles. The average molecular weight is 295 g/mol. The number of hydrogen-bond acceptors (Lipinski definition) is 2. The van der Waals surface area contributed by atoms with Crippen LogP contribution in [0.3, 0.4) is 0 Å². The highest BCUT2D eigenvalue weighted by Crippen LogP contribution is 2.34. The molecule has 0 aromatic heterocycles. The molecule has 1 saturated carbocycles. The largest absolute Gasteiger partial charge is 0.352 e. The molecule has 3 rings (SSSR count). The van der Waals surface area contributed by atoms with Crippen molar-refractivity contribution >= 4 is 18.3 Å². The first-order valence-electron chi connectivity index (χ1n) is 7.38. The molecule has 4 heteroatoms. The van der Waals surface area contributed by atoms with Gasteiger partial charge in [0.1, 0.15) is 0 Å². The summed E-state index contributed by atoms with van der Waals surface area (Å²) < 4.78 is 0. The van der Waals surface area contributed by atoms with E-state index in [1.165, 1.54) is 30.4 Å². The predicted molar refractivity (Wildman–Crippen MR) is 83.0 cm³/mol. The second kappa shape index (κ2) is 6.59. The Hall–Kier alpha value is -1.06. The molecule has 0 saturated heterocycles. The van der Waals surface area contributed by atoms with E-state index < -0.39 is 0 Å². The Morgan fingerprint density at radius 3 is 2.85 bits per heavy atom. The molecular formula is C16H23ClN2O.